The van der Waals surface area contributed by atoms with Crippen molar-refractivity contribution in [2.75, 3.05) is 39.5 Å². The summed E-state index contributed by atoms with van der Waals surface area (Å²) in [6.45, 7) is 10.1. The number of rotatable bonds is 12. The highest BCUT2D eigenvalue weighted by Crippen LogP contribution is 2.14. The monoisotopic (exact) mass is 364 g/mol. The molecule has 0 spiro atoms. The maximum atomic E-state index is 11.5. The third-order valence-corrected chi connectivity index (χ3v) is 3.37. The molecule has 1 aromatic rings. The fraction of sp³-hybridized carbons (Fsp3) is 0.579. The molecule has 0 aliphatic carbocycles. The fourth-order valence-corrected chi connectivity index (χ4v) is 2.17. The molecule has 1 rings (SSSR count). The van der Waals surface area contributed by atoms with Crippen LogP contribution in [0.4, 0.5) is 0 Å². The Hall–Kier alpha value is -2.28. The first kappa shape index (κ1) is 21.8. The Morgan fingerprint density at radius 3 is 2.65 bits per heavy atom. The van der Waals surface area contributed by atoms with E-state index in [2.05, 4.69) is 20.9 Å². The number of carbonyl (C=O) groups is 1. The van der Waals surface area contributed by atoms with Crippen molar-refractivity contribution in [2.45, 2.75) is 33.7 Å². The molecule has 0 fully saturated rings. The summed E-state index contributed by atoms with van der Waals surface area (Å²) in [4.78, 5) is 16.1. The van der Waals surface area contributed by atoms with Crippen LogP contribution in [0.15, 0.2) is 29.3 Å². The molecule has 0 radical (unpaired) electrons. The zero-order valence-corrected chi connectivity index (χ0v) is 16.1. The second-order valence-corrected chi connectivity index (χ2v) is 5.56. The molecule has 0 unspecified atom stereocenters. The minimum atomic E-state index is -0.124. The molecule has 0 heterocycles. The van der Waals surface area contributed by atoms with Crippen LogP contribution in [0.5, 0.6) is 5.75 Å². The first-order chi connectivity index (χ1) is 12.7. The van der Waals surface area contributed by atoms with E-state index >= 15 is 0 Å². The number of nitrogens with zero attached hydrogens (tertiary/aromatic N) is 1. The molecule has 146 valence electrons. The van der Waals surface area contributed by atoms with Gasteiger partial charge in [-0.15, -0.1) is 0 Å². The Labute approximate surface area is 156 Å². The van der Waals surface area contributed by atoms with Gasteiger partial charge in [0.25, 0.3) is 5.91 Å². The lowest BCUT2D eigenvalue weighted by molar-refractivity contribution is -0.122. The lowest BCUT2D eigenvalue weighted by atomic mass is 10.2. The molecule has 1 aromatic carbocycles. The number of benzene rings is 1. The van der Waals surface area contributed by atoms with Crippen molar-refractivity contribution in [3.8, 4) is 5.75 Å². The lowest BCUT2D eigenvalue weighted by Crippen LogP contribution is -2.38. The number of ether oxygens (including phenoxy) is 2. The van der Waals surface area contributed by atoms with Crippen molar-refractivity contribution < 1.29 is 14.3 Å². The fourth-order valence-electron chi connectivity index (χ4n) is 2.17. The summed E-state index contributed by atoms with van der Waals surface area (Å²) in [6, 6.07) is 7.63. The van der Waals surface area contributed by atoms with Crippen LogP contribution in [0.3, 0.4) is 0 Å². The first-order valence-corrected chi connectivity index (χ1v) is 9.27. The van der Waals surface area contributed by atoms with Crippen LogP contribution < -0.4 is 20.7 Å². The Morgan fingerprint density at radius 1 is 1.12 bits per heavy atom. The highest BCUT2D eigenvalue weighted by molar-refractivity contribution is 5.79. The van der Waals surface area contributed by atoms with Crippen molar-refractivity contribution in [1.29, 1.82) is 0 Å². The van der Waals surface area contributed by atoms with Gasteiger partial charge in [0, 0.05) is 32.8 Å². The van der Waals surface area contributed by atoms with Crippen molar-refractivity contribution in [2.24, 2.45) is 4.99 Å². The molecule has 0 saturated carbocycles. The molecular formula is C19H32N4O3. The molecule has 0 aliphatic rings. The third-order valence-electron chi connectivity index (χ3n) is 3.37. The van der Waals surface area contributed by atoms with Gasteiger partial charge in [-0.25, -0.2) is 4.99 Å². The summed E-state index contributed by atoms with van der Waals surface area (Å²) in [5.41, 5.74) is 1.02. The van der Waals surface area contributed by atoms with E-state index in [0.29, 0.717) is 18.8 Å². The molecule has 0 aliphatic heterocycles. The predicted octanol–water partition coefficient (Wildman–Crippen LogP) is 1.68. The van der Waals surface area contributed by atoms with E-state index in [0.717, 1.165) is 44.2 Å². The zero-order valence-electron chi connectivity index (χ0n) is 16.1. The predicted molar refractivity (Wildman–Crippen MR) is 105 cm³/mol. The van der Waals surface area contributed by atoms with E-state index < -0.39 is 0 Å². The highest BCUT2D eigenvalue weighted by Gasteiger charge is 2.03. The van der Waals surface area contributed by atoms with E-state index in [1.807, 2.05) is 45.0 Å². The number of guanidine groups is 1. The molecule has 0 saturated heterocycles. The maximum absolute atomic E-state index is 11.5. The van der Waals surface area contributed by atoms with E-state index in [1.165, 1.54) is 0 Å². The van der Waals surface area contributed by atoms with Gasteiger partial charge in [0.05, 0.1) is 6.54 Å². The average molecular weight is 364 g/mol. The van der Waals surface area contributed by atoms with Gasteiger partial charge in [-0.3, -0.25) is 4.79 Å². The number of aliphatic imine (C=N–C) groups is 1. The average Bonchev–Trinajstić information content (AvgIpc) is 2.65. The van der Waals surface area contributed by atoms with Crippen LogP contribution >= 0.6 is 0 Å². The summed E-state index contributed by atoms with van der Waals surface area (Å²) in [5.74, 6) is 1.32. The van der Waals surface area contributed by atoms with Gasteiger partial charge < -0.3 is 25.4 Å². The van der Waals surface area contributed by atoms with Crippen LogP contribution in [0.2, 0.25) is 0 Å². The molecule has 0 atom stereocenters. The SMILES string of the molecule is CCNC(=O)COc1cccc(CN=C(NCC)NCCCOCC)c1. The van der Waals surface area contributed by atoms with Crippen molar-refractivity contribution in [3.63, 3.8) is 0 Å². The molecule has 26 heavy (non-hydrogen) atoms. The molecule has 3 N–H and O–H groups in total. The summed E-state index contributed by atoms with van der Waals surface area (Å²) < 4.78 is 10.8. The Kier molecular flexibility index (Phi) is 11.7. The molecule has 0 bridgehead atoms. The summed E-state index contributed by atoms with van der Waals surface area (Å²) in [6.07, 6.45) is 0.932. The Balaban J connectivity index is 2.51. The number of likely N-dealkylation sites (N-methyl/N-ethyl adjacent to an activating group) is 1. The molecular weight excluding hydrogens is 332 g/mol. The number of carbonyl (C=O) groups excluding carboxylic acids is 1. The van der Waals surface area contributed by atoms with E-state index in [-0.39, 0.29) is 12.5 Å². The van der Waals surface area contributed by atoms with E-state index in [9.17, 15) is 4.79 Å². The van der Waals surface area contributed by atoms with Gasteiger partial charge in [-0.1, -0.05) is 12.1 Å². The Morgan fingerprint density at radius 2 is 1.92 bits per heavy atom. The van der Waals surface area contributed by atoms with Crippen LogP contribution in [-0.2, 0) is 16.1 Å². The number of nitrogens with one attached hydrogen (secondary N) is 3. The minimum absolute atomic E-state index is 0.0184. The highest BCUT2D eigenvalue weighted by atomic mass is 16.5. The van der Waals surface area contributed by atoms with Crippen LogP contribution in [0.25, 0.3) is 0 Å². The van der Waals surface area contributed by atoms with Gasteiger partial charge in [-0.2, -0.15) is 0 Å². The second-order valence-electron chi connectivity index (χ2n) is 5.56. The minimum Gasteiger partial charge on any atom is -0.484 e. The normalized spacial score (nSPS) is 11.1. The van der Waals surface area contributed by atoms with Crippen molar-refractivity contribution >= 4 is 11.9 Å². The number of amides is 1. The van der Waals surface area contributed by atoms with Crippen molar-refractivity contribution in [3.05, 3.63) is 29.8 Å². The second kappa shape index (κ2) is 13.9. The molecule has 7 heteroatoms. The van der Waals surface area contributed by atoms with E-state index in [1.54, 1.807) is 0 Å². The topological polar surface area (TPSA) is 84.0 Å². The molecule has 7 nitrogen and oxygen atoms in total. The van der Waals surface area contributed by atoms with Gasteiger partial charge in [-0.05, 0) is 44.9 Å². The Bertz CT molecular complexity index is 549. The quantitative estimate of drug-likeness (QED) is 0.299. The summed E-state index contributed by atoms with van der Waals surface area (Å²) in [7, 11) is 0. The van der Waals surface area contributed by atoms with Crippen LogP contribution in [0, 0.1) is 0 Å². The van der Waals surface area contributed by atoms with Crippen molar-refractivity contribution in [1.82, 2.24) is 16.0 Å². The lowest BCUT2D eigenvalue weighted by Gasteiger charge is -2.11. The smallest absolute Gasteiger partial charge is 0.257 e. The summed E-state index contributed by atoms with van der Waals surface area (Å²) in [5, 5.41) is 9.23. The van der Waals surface area contributed by atoms with Gasteiger partial charge in [0.1, 0.15) is 5.75 Å². The maximum Gasteiger partial charge on any atom is 0.257 e. The molecule has 1 amide bonds. The van der Waals surface area contributed by atoms with Gasteiger partial charge in [0.15, 0.2) is 12.6 Å². The third kappa shape index (κ3) is 9.88. The number of hydrogen-bond donors (Lipinski definition) is 3. The van der Waals surface area contributed by atoms with Gasteiger partial charge >= 0.3 is 0 Å². The van der Waals surface area contributed by atoms with Gasteiger partial charge in [0.2, 0.25) is 0 Å². The van der Waals surface area contributed by atoms with Crippen LogP contribution in [0.1, 0.15) is 32.8 Å². The molecule has 0 aromatic heterocycles. The first-order valence-electron chi connectivity index (χ1n) is 9.27. The number of hydrogen-bond acceptors (Lipinski definition) is 4. The van der Waals surface area contributed by atoms with E-state index in [4.69, 9.17) is 9.47 Å². The van der Waals surface area contributed by atoms with Crippen LogP contribution in [-0.4, -0.2) is 51.3 Å². The standard InChI is InChI=1S/C19H32N4O3/c1-4-20-18(24)15-26-17-10-7-9-16(13-17)14-23-19(21-5-2)22-11-8-12-25-6-3/h7,9-10,13H,4-6,8,11-12,14-15H2,1-3H3,(H,20,24)(H2,21,22,23). The zero-order chi connectivity index (χ0) is 19.0. The summed E-state index contributed by atoms with van der Waals surface area (Å²) >= 11 is 0. The largest absolute Gasteiger partial charge is 0.484 e.